The van der Waals surface area contributed by atoms with Crippen LogP contribution in [-0.2, 0) is 0 Å². The first-order valence-electron chi connectivity index (χ1n) is 5.14. The highest BCUT2D eigenvalue weighted by Gasteiger charge is 2.10. The Kier molecular flexibility index (Phi) is 2.99. The lowest BCUT2D eigenvalue weighted by atomic mass is 10.0. The van der Waals surface area contributed by atoms with E-state index >= 15 is 0 Å². The summed E-state index contributed by atoms with van der Waals surface area (Å²) in [5, 5.41) is 3.05. The number of hydrogen-bond donors (Lipinski definition) is 1. The molecule has 80 valence electrons. The Morgan fingerprint density at radius 2 is 2.13 bits per heavy atom. The molecule has 1 aromatic rings. The fourth-order valence-electron chi connectivity index (χ4n) is 1.74. The molecule has 1 aromatic carbocycles. The largest absolute Gasteiger partial charge is 0.376 e. The zero-order valence-electron chi connectivity index (χ0n) is 8.34. The summed E-state index contributed by atoms with van der Waals surface area (Å²) in [6, 6.07) is 3.76. The summed E-state index contributed by atoms with van der Waals surface area (Å²) in [6.07, 6.45) is 7.31. The van der Waals surface area contributed by atoms with Gasteiger partial charge in [0.15, 0.2) is 0 Å². The van der Waals surface area contributed by atoms with E-state index in [1.807, 2.05) is 6.08 Å². The van der Waals surface area contributed by atoms with Crippen LogP contribution in [0, 0.1) is 11.6 Å². The van der Waals surface area contributed by atoms with E-state index in [1.54, 1.807) is 0 Å². The average molecular weight is 209 g/mol. The second-order valence-electron chi connectivity index (χ2n) is 3.73. The van der Waals surface area contributed by atoms with Gasteiger partial charge in [-0.3, -0.25) is 0 Å². The first-order valence-corrected chi connectivity index (χ1v) is 5.14. The Morgan fingerprint density at radius 3 is 2.80 bits per heavy atom. The molecule has 15 heavy (non-hydrogen) atoms. The lowest BCUT2D eigenvalue weighted by molar-refractivity contribution is 0.582. The van der Waals surface area contributed by atoms with Crippen molar-refractivity contribution >= 4 is 5.69 Å². The summed E-state index contributed by atoms with van der Waals surface area (Å²) in [4.78, 5) is 0. The van der Waals surface area contributed by atoms with E-state index in [-0.39, 0.29) is 6.04 Å². The topological polar surface area (TPSA) is 12.0 Å². The molecule has 0 spiro atoms. The second-order valence-corrected chi connectivity index (χ2v) is 3.73. The van der Waals surface area contributed by atoms with Crippen LogP contribution in [0.4, 0.5) is 14.5 Å². The van der Waals surface area contributed by atoms with E-state index in [0.29, 0.717) is 5.69 Å². The van der Waals surface area contributed by atoms with Crippen LogP contribution in [-0.4, -0.2) is 6.04 Å². The molecule has 1 unspecified atom stereocenters. The van der Waals surface area contributed by atoms with Gasteiger partial charge in [0.25, 0.3) is 0 Å². The molecule has 2 rings (SSSR count). The third-order valence-corrected chi connectivity index (χ3v) is 2.53. The van der Waals surface area contributed by atoms with E-state index < -0.39 is 11.6 Å². The number of halogens is 2. The van der Waals surface area contributed by atoms with E-state index in [1.165, 1.54) is 12.1 Å². The molecule has 0 amide bonds. The van der Waals surface area contributed by atoms with Gasteiger partial charge in [0, 0.05) is 12.1 Å². The van der Waals surface area contributed by atoms with Gasteiger partial charge in [-0.25, -0.2) is 8.78 Å². The molecule has 0 bridgehead atoms. The van der Waals surface area contributed by atoms with Gasteiger partial charge >= 0.3 is 0 Å². The maximum Gasteiger partial charge on any atom is 0.149 e. The van der Waals surface area contributed by atoms with Crippen molar-refractivity contribution in [2.24, 2.45) is 0 Å². The zero-order valence-corrected chi connectivity index (χ0v) is 8.34. The molecular weight excluding hydrogens is 196 g/mol. The van der Waals surface area contributed by atoms with Crippen LogP contribution < -0.4 is 5.32 Å². The maximum absolute atomic E-state index is 13.3. The first-order chi connectivity index (χ1) is 7.25. The summed E-state index contributed by atoms with van der Waals surface area (Å²) < 4.78 is 25.9. The highest BCUT2D eigenvalue weighted by atomic mass is 19.1. The molecule has 0 fully saturated rings. The minimum atomic E-state index is -0.544. The van der Waals surface area contributed by atoms with Gasteiger partial charge in [-0.1, -0.05) is 12.2 Å². The van der Waals surface area contributed by atoms with Crippen molar-refractivity contribution in [1.82, 2.24) is 0 Å². The number of allylic oxidation sites excluding steroid dienone is 1. The van der Waals surface area contributed by atoms with E-state index in [4.69, 9.17) is 0 Å². The maximum atomic E-state index is 13.3. The molecule has 0 aliphatic heterocycles. The van der Waals surface area contributed by atoms with Gasteiger partial charge in [-0.05, 0) is 31.4 Å². The van der Waals surface area contributed by atoms with Crippen molar-refractivity contribution in [3.63, 3.8) is 0 Å². The molecule has 0 radical (unpaired) electrons. The fourth-order valence-corrected chi connectivity index (χ4v) is 1.74. The molecule has 1 aliphatic carbocycles. The number of nitrogens with one attached hydrogen (secondary N) is 1. The fraction of sp³-hybridized carbons (Fsp3) is 0.333. The lowest BCUT2D eigenvalue weighted by Crippen LogP contribution is -2.19. The van der Waals surface area contributed by atoms with Crippen molar-refractivity contribution in [2.75, 3.05) is 5.32 Å². The quantitative estimate of drug-likeness (QED) is 0.735. The van der Waals surface area contributed by atoms with Gasteiger partial charge in [-0.2, -0.15) is 0 Å². The minimum Gasteiger partial charge on any atom is -0.376 e. The number of hydrogen-bond acceptors (Lipinski definition) is 1. The molecular formula is C12H13F2N. The monoisotopic (exact) mass is 209 g/mol. The summed E-state index contributed by atoms with van der Waals surface area (Å²) in [5.41, 5.74) is 0.368. The van der Waals surface area contributed by atoms with Crippen molar-refractivity contribution in [3.05, 3.63) is 42.0 Å². The Morgan fingerprint density at radius 1 is 1.27 bits per heavy atom. The van der Waals surface area contributed by atoms with Gasteiger partial charge in [0.1, 0.15) is 11.6 Å². The van der Waals surface area contributed by atoms with Crippen LogP contribution in [0.1, 0.15) is 19.3 Å². The summed E-state index contributed by atoms with van der Waals surface area (Å²) in [5.74, 6) is -1.08. The van der Waals surface area contributed by atoms with E-state index in [9.17, 15) is 8.78 Å². The zero-order chi connectivity index (χ0) is 10.7. The van der Waals surface area contributed by atoms with Gasteiger partial charge in [-0.15, -0.1) is 0 Å². The van der Waals surface area contributed by atoms with Crippen LogP contribution in [0.5, 0.6) is 0 Å². The van der Waals surface area contributed by atoms with Crippen molar-refractivity contribution < 1.29 is 8.78 Å². The van der Waals surface area contributed by atoms with Crippen LogP contribution in [0.2, 0.25) is 0 Å². The molecule has 1 N–H and O–H groups in total. The lowest BCUT2D eigenvalue weighted by Gasteiger charge is -2.19. The van der Waals surface area contributed by atoms with Crippen LogP contribution in [0.25, 0.3) is 0 Å². The molecule has 0 saturated carbocycles. The molecule has 0 heterocycles. The standard InChI is InChI=1S/C12H13F2N/c13-9-6-7-12(11(14)8-9)15-10-4-2-1-3-5-10/h2,4,6-8,10,15H,1,3,5H2. The number of benzene rings is 1. The normalized spacial score (nSPS) is 20.3. The summed E-state index contributed by atoms with van der Waals surface area (Å²) in [6.45, 7) is 0. The molecule has 1 aliphatic rings. The van der Waals surface area contributed by atoms with Gasteiger partial charge in [0.05, 0.1) is 5.69 Å². The predicted octanol–water partition coefficient (Wildman–Crippen LogP) is 3.49. The second kappa shape index (κ2) is 4.43. The predicted molar refractivity (Wildman–Crippen MR) is 56.8 cm³/mol. The van der Waals surface area contributed by atoms with Crippen molar-refractivity contribution in [3.8, 4) is 0 Å². The SMILES string of the molecule is Fc1ccc(NC2C=CCCC2)c(F)c1. The smallest absolute Gasteiger partial charge is 0.149 e. The number of anilines is 1. The van der Waals surface area contributed by atoms with Crippen molar-refractivity contribution in [2.45, 2.75) is 25.3 Å². The van der Waals surface area contributed by atoms with Crippen LogP contribution in [0.3, 0.4) is 0 Å². The Bertz CT molecular complexity index is 374. The summed E-state index contributed by atoms with van der Waals surface area (Å²) in [7, 11) is 0. The third kappa shape index (κ3) is 2.55. The van der Waals surface area contributed by atoms with E-state index in [2.05, 4.69) is 11.4 Å². The molecule has 1 nitrogen and oxygen atoms in total. The highest BCUT2D eigenvalue weighted by molar-refractivity contribution is 5.46. The van der Waals surface area contributed by atoms with E-state index in [0.717, 1.165) is 25.3 Å². The highest BCUT2D eigenvalue weighted by Crippen LogP contribution is 2.19. The third-order valence-electron chi connectivity index (χ3n) is 2.53. The Labute approximate surface area is 87.8 Å². The average Bonchev–Trinajstić information content (AvgIpc) is 2.24. The van der Waals surface area contributed by atoms with Gasteiger partial charge < -0.3 is 5.32 Å². The molecule has 1 atom stereocenters. The molecule has 3 heteroatoms. The Hall–Kier alpha value is -1.38. The van der Waals surface area contributed by atoms with Crippen molar-refractivity contribution in [1.29, 1.82) is 0 Å². The Balaban J connectivity index is 2.09. The molecule has 0 saturated heterocycles. The van der Waals surface area contributed by atoms with Crippen LogP contribution >= 0.6 is 0 Å². The minimum absolute atomic E-state index is 0.165. The summed E-state index contributed by atoms with van der Waals surface area (Å²) >= 11 is 0. The first kappa shape index (κ1) is 10.1. The molecule has 0 aromatic heterocycles. The van der Waals surface area contributed by atoms with Gasteiger partial charge in [0.2, 0.25) is 0 Å². The number of rotatable bonds is 2. The van der Waals surface area contributed by atoms with Crippen LogP contribution in [0.15, 0.2) is 30.4 Å².